The van der Waals surface area contributed by atoms with Crippen LogP contribution in [0, 0.1) is 18.3 Å². The van der Waals surface area contributed by atoms with Crippen LogP contribution in [0.25, 0.3) is 0 Å². The molecule has 1 unspecified atom stereocenters. The summed E-state index contributed by atoms with van der Waals surface area (Å²) in [7, 11) is 1.27. The molecule has 0 bridgehead atoms. The first kappa shape index (κ1) is 31.2. The van der Waals surface area contributed by atoms with Gasteiger partial charge in [-0.3, -0.25) is 10.1 Å². The number of allylic oxidation sites excluding steroid dienone is 1. The summed E-state index contributed by atoms with van der Waals surface area (Å²) in [4.78, 5) is 37.7. The molecule has 1 amide bonds. The summed E-state index contributed by atoms with van der Waals surface area (Å²) in [5.41, 5.74) is -0.653. The molecule has 0 aromatic carbocycles. The van der Waals surface area contributed by atoms with Crippen LogP contribution in [0.15, 0.2) is 39.7 Å². The molecule has 8 heteroatoms. The zero-order chi connectivity index (χ0) is 27.5. The van der Waals surface area contributed by atoms with E-state index >= 15 is 0 Å². The van der Waals surface area contributed by atoms with Crippen LogP contribution >= 0.6 is 11.3 Å². The summed E-state index contributed by atoms with van der Waals surface area (Å²) >= 11 is 1.93. The fraction of sp³-hybridized carbons (Fsp3) is 0.536. The highest BCUT2D eigenvalue weighted by Gasteiger charge is 2.22. The zero-order valence-corrected chi connectivity index (χ0v) is 23.6. The number of alkyl carbamates (subject to hydrolysis) is 1. The van der Waals surface area contributed by atoms with Gasteiger partial charge in [0, 0.05) is 33.9 Å². The molecule has 200 valence electrons. The SMILES string of the molecule is COC(=O)N/C=C/CCC(C)c1cc(O)c(C(=O)C(C)C)c(=O)o1.Cc1ccc(CCC(C)(C)C)s1. The molecule has 2 heterocycles. The van der Waals surface area contributed by atoms with E-state index in [4.69, 9.17) is 4.42 Å². The lowest BCUT2D eigenvalue weighted by atomic mass is 9.90. The number of methoxy groups -OCH3 is 1. The van der Waals surface area contributed by atoms with E-state index in [1.54, 1.807) is 19.9 Å². The van der Waals surface area contributed by atoms with Crippen molar-refractivity contribution < 1.29 is 23.8 Å². The van der Waals surface area contributed by atoms with Gasteiger partial charge >= 0.3 is 11.7 Å². The second kappa shape index (κ2) is 14.6. The highest BCUT2D eigenvalue weighted by atomic mass is 32.1. The van der Waals surface area contributed by atoms with E-state index in [-0.39, 0.29) is 17.2 Å². The average Bonchev–Trinajstić information content (AvgIpc) is 3.21. The van der Waals surface area contributed by atoms with Gasteiger partial charge in [0.1, 0.15) is 17.1 Å². The van der Waals surface area contributed by atoms with Gasteiger partial charge in [-0.1, -0.05) is 47.6 Å². The number of rotatable bonds is 9. The maximum absolute atomic E-state index is 12.0. The van der Waals surface area contributed by atoms with Gasteiger partial charge in [-0.2, -0.15) is 0 Å². The lowest BCUT2D eigenvalue weighted by Crippen LogP contribution is -2.19. The van der Waals surface area contributed by atoms with Crippen LogP contribution in [0.4, 0.5) is 4.79 Å². The van der Waals surface area contributed by atoms with Crippen molar-refractivity contribution in [3.8, 4) is 5.75 Å². The smallest absolute Gasteiger partial charge is 0.410 e. The summed E-state index contributed by atoms with van der Waals surface area (Å²) in [6.07, 6.45) is 6.41. The van der Waals surface area contributed by atoms with Crippen molar-refractivity contribution in [1.29, 1.82) is 0 Å². The number of ketones is 1. The fourth-order valence-corrected chi connectivity index (χ4v) is 4.02. The number of hydrogen-bond donors (Lipinski definition) is 2. The van der Waals surface area contributed by atoms with Crippen LogP contribution in [0.2, 0.25) is 0 Å². The first-order chi connectivity index (χ1) is 16.7. The standard InChI is InChI=1S/C17H23NO6.C11H18S/c1-10(2)15(20)14-12(19)9-13(24-16(14)21)11(3)7-5-6-8-18-17(22)23-4;1-9-5-6-10(12-9)7-8-11(2,3)4/h6,8-11,19H,5,7H2,1-4H3,(H,18,22);5-6H,7-8H2,1-4H3/b8-6+;. The molecular weight excluding hydrogens is 478 g/mol. The molecule has 0 saturated heterocycles. The van der Waals surface area contributed by atoms with Crippen molar-refractivity contribution in [2.24, 2.45) is 11.3 Å². The van der Waals surface area contributed by atoms with Crippen LogP contribution in [0.1, 0.15) is 92.6 Å². The van der Waals surface area contributed by atoms with Crippen molar-refractivity contribution in [2.45, 2.75) is 80.1 Å². The third-order valence-electron chi connectivity index (χ3n) is 5.39. The van der Waals surface area contributed by atoms with Gasteiger partial charge in [-0.25, -0.2) is 9.59 Å². The largest absolute Gasteiger partial charge is 0.507 e. The van der Waals surface area contributed by atoms with Crippen molar-refractivity contribution >= 4 is 23.2 Å². The fourth-order valence-electron chi connectivity index (χ4n) is 3.13. The Morgan fingerprint density at radius 3 is 2.39 bits per heavy atom. The van der Waals surface area contributed by atoms with Gasteiger partial charge in [0.25, 0.3) is 0 Å². The minimum atomic E-state index is -0.821. The van der Waals surface area contributed by atoms with Crippen LogP contribution < -0.4 is 10.9 Å². The Hall–Kier alpha value is -2.87. The number of thiophene rings is 1. The van der Waals surface area contributed by atoms with E-state index in [1.165, 1.54) is 42.0 Å². The van der Waals surface area contributed by atoms with E-state index < -0.39 is 23.4 Å². The number of ether oxygens (including phenoxy) is 1. The summed E-state index contributed by atoms with van der Waals surface area (Å²) in [6, 6.07) is 5.78. The molecular formula is C28H41NO6S. The van der Waals surface area contributed by atoms with Crippen LogP contribution in [-0.2, 0) is 11.2 Å². The molecule has 2 rings (SSSR count). The Morgan fingerprint density at radius 1 is 1.22 bits per heavy atom. The predicted molar refractivity (Wildman–Crippen MR) is 145 cm³/mol. The lowest BCUT2D eigenvalue weighted by Gasteiger charge is -2.16. The number of aromatic hydroxyl groups is 1. The number of hydrogen-bond acceptors (Lipinski definition) is 7. The van der Waals surface area contributed by atoms with Crippen molar-refractivity contribution in [1.82, 2.24) is 5.32 Å². The van der Waals surface area contributed by atoms with Crippen LogP contribution in [0.3, 0.4) is 0 Å². The van der Waals surface area contributed by atoms with Gasteiger partial charge in [0.2, 0.25) is 0 Å². The van der Waals surface area contributed by atoms with E-state index in [0.717, 1.165) is 0 Å². The van der Waals surface area contributed by atoms with E-state index in [9.17, 15) is 19.5 Å². The summed E-state index contributed by atoms with van der Waals surface area (Å²) in [5.74, 6) is -1.04. The van der Waals surface area contributed by atoms with Crippen molar-refractivity contribution in [3.05, 3.63) is 62.0 Å². The maximum Gasteiger partial charge on any atom is 0.410 e. The highest BCUT2D eigenvalue weighted by molar-refractivity contribution is 7.11. The number of aryl methyl sites for hydroxylation is 2. The quantitative estimate of drug-likeness (QED) is 0.346. The normalized spacial score (nSPS) is 12.2. The summed E-state index contributed by atoms with van der Waals surface area (Å²) in [6.45, 7) is 14.2. The van der Waals surface area contributed by atoms with Gasteiger partial charge in [0.15, 0.2) is 5.78 Å². The lowest BCUT2D eigenvalue weighted by molar-refractivity contribution is 0.0931. The Bertz CT molecular complexity index is 1070. The van der Waals surface area contributed by atoms with Gasteiger partial charge < -0.3 is 14.3 Å². The number of carbonyl (C=O) groups is 2. The second-order valence-electron chi connectivity index (χ2n) is 10.3. The molecule has 2 N–H and O–H groups in total. The predicted octanol–water partition coefficient (Wildman–Crippen LogP) is 6.97. The molecule has 0 radical (unpaired) electrons. The number of nitrogens with one attached hydrogen (secondary N) is 1. The maximum atomic E-state index is 12.0. The molecule has 2 aromatic rings. The molecule has 7 nitrogen and oxygen atoms in total. The highest BCUT2D eigenvalue weighted by Crippen LogP contribution is 2.26. The number of amides is 1. The Kier molecular flexibility index (Phi) is 12.7. The minimum Gasteiger partial charge on any atom is -0.507 e. The third kappa shape index (κ3) is 11.2. The molecule has 0 fully saturated rings. The Balaban J connectivity index is 0.000000450. The molecule has 0 aliphatic carbocycles. The van der Waals surface area contributed by atoms with E-state index in [1.807, 2.05) is 18.3 Å². The molecule has 0 spiro atoms. The molecule has 0 aliphatic heterocycles. The minimum absolute atomic E-state index is 0.144. The van der Waals surface area contributed by atoms with E-state index in [2.05, 4.69) is 49.9 Å². The molecule has 1 atom stereocenters. The van der Waals surface area contributed by atoms with Crippen molar-refractivity contribution in [2.75, 3.05) is 7.11 Å². The first-order valence-corrected chi connectivity index (χ1v) is 13.0. The summed E-state index contributed by atoms with van der Waals surface area (Å²) in [5, 5.41) is 12.4. The van der Waals surface area contributed by atoms with E-state index in [0.29, 0.717) is 24.0 Å². The average molecular weight is 520 g/mol. The molecule has 2 aromatic heterocycles. The van der Waals surface area contributed by atoms with Crippen molar-refractivity contribution in [3.63, 3.8) is 0 Å². The van der Waals surface area contributed by atoms with Gasteiger partial charge in [0.05, 0.1) is 7.11 Å². The molecule has 36 heavy (non-hydrogen) atoms. The second-order valence-corrected chi connectivity index (χ2v) is 11.7. The zero-order valence-electron chi connectivity index (χ0n) is 22.8. The Morgan fingerprint density at radius 2 is 1.89 bits per heavy atom. The number of Topliss-reactive ketones (excluding diaryl/α,β-unsaturated/α-hetero) is 1. The molecule has 0 aliphatic rings. The number of carbonyl (C=O) groups excluding carboxylic acids is 2. The molecule has 0 saturated carbocycles. The Labute approximate surface area is 218 Å². The first-order valence-electron chi connectivity index (χ1n) is 12.2. The monoisotopic (exact) mass is 519 g/mol. The summed E-state index contributed by atoms with van der Waals surface area (Å²) < 4.78 is 9.60. The third-order valence-corrected chi connectivity index (χ3v) is 6.45. The topological polar surface area (TPSA) is 106 Å². The van der Waals surface area contributed by atoms with Gasteiger partial charge in [-0.05, 0) is 50.2 Å². The van der Waals surface area contributed by atoms with Gasteiger partial charge in [-0.15, -0.1) is 11.3 Å². The van der Waals surface area contributed by atoms with Crippen LogP contribution in [0.5, 0.6) is 5.75 Å². The van der Waals surface area contributed by atoms with Crippen LogP contribution in [-0.4, -0.2) is 24.1 Å².